The molecule has 3 nitrogen and oxygen atoms in total. The van der Waals surface area contributed by atoms with Crippen LogP contribution in [-0.4, -0.2) is 28.4 Å². The molecular formula is C13H24N2OS. The summed E-state index contributed by atoms with van der Waals surface area (Å²) in [6.45, 7) is 6.94. The Morgan fingerprint density at radius 3 is 2.29 bits per heavy atom. The highest BCUT2D eigenvalue weighted by Crippen LogP contribution is 2.40. The van der Waals surface area contributed by atoms with Gasteiger partial charge in [-0.2, -0.15) is 0 Å². The van der Waals surface area contributed by atoms with Crippen molar-refractivity contribution < 1.29 is 4.79 Å². The predicted molar refractivity (Wildman–Crippen MR) is 74.8 cm³/mol. The molecule has 1 amide bonds. The number of carbonyl (C=O) groups is 1. The van der Waals surface area contributed by atoms with Crippen molar-refractivity contribution in [1.29, 1.82) is 0 Å². The van der Waals surface area contributed by atoms with E-state index >= 15 is 0 Å². The highest BCUT2D eigenvalue weighted by molar-refractivity contribution is 7.80. The molecule has 1 aliphatic carbocycles. The maximum absolute atomic E-state index is 12.7. The van der Waals surface area contributed by atoms with Gasteiger partial charge in [-0.1, -0.05) is 32.0 Å². The van der Waals surface area contributed by atoms with Gasteiger partial charge in [-0.25, -0.2) is 0 Å². The molecule has 1 rings (SSSR count). The second kappa shape index (κ2) is 5.80. The van der Waals surface area contributed by atoms with Crippen LogP contribution in [0.3, 0.4) is 0 Å². The summed E-state index contributed by atoms with van der Waals surface area (Å²) < 4.78 is 0. The van der Waals surface area contributed by atoms with Crippen molar-refractivity contribution >= 4 is 23.1 Å². The van der Waals surface area contributed by atoms with Gasteiger partial charge in [0.2, 0.25) is 5.91 Å². The van der Waals surface area contributed by atoms with E-state index in [0.29, 0.717) is 4.99 Å². The van der Waals surface area contributed by atoms with E-state index in [1.807, 2.05) is 11.8 Å². The minimum atomic E-state index is -0.547. The predicted octanol–water partition coefficient (Wildman–Crippen LogP) is 2.48. The number of hydrogen-bond acceptors (Lipinski definition) is 2. The maximum atomic E-state index is 12.7. The number of carbonyl (C=O) groups excluding carboxylic acids is 1. The Morgan fingerprint density at radius 2 is 1.94 bits per heavy atom. The summed E-state index contributed by atoms with van der Waals surface area (Å²) in [6, 6.07) is 0.263. The molecule has 0 radical (unpaired) electrons. The SMILES string of the molecule is CCC(C)N(CC)C(=O)C1(C(N)=S)CCCC1. The molecule has 2 N–H and O–H groups in total. The summed E-state index contributed by atoms with van der Waals surface area (Å²) in [7, 11) is 0. The minimum absolute atomic E-state index is 0.152. The third-order valence-electron chi connectivity index (χ3n) is 4.06. The molecule has 0 aromatic carbocycles. The van der Waals surface area contributed by atoms with Crippen molar-refractivity contribution in [2.45, 2.75) is 58.9 Å². The van der Waals surface area contributed by atoms with Gasteiger partial charge in [-0.3, -0.25) is 4.79 Å². The molecule has 1 atom stereocenters. The molecule has 1 unspecified atom stereocenters. The third kappa shape index (κ3) is 2.62. The summed E-state index contributed by atoms with van der Waals surface area (Å²) in [4.78, 5) is 15.0. The molecule has 0 bridgehead atoms. The number of thiocarbonyl (C=S) groups is 1. The van der Waals surface area contributed by atoms with Gasteiger partial charge in [0, 0.05) is 12.6 Å². The smallest absolute Gasteiger partial charge is 0.235 e. The van der Waals surface area contributed by atoms with Gasteiger partial charge in [0.25, 0.3) is 0 Å². The number of amides is 1. The summed E-state index contributed by atoms with van der Waals surface area (Å²) >= 11 is 5.16. The van der Waals surface area contributed by atoms with E-state index in [2.05, 4.69) is 13.8 Å². The fourth-order valence-corrected chi connectivity index (χ4v) is 2.99. The molecule has 4 heteroatoms. The van der Waals surface area contributed by atoms with E-state index in [1.54, 1.807) is 0 Å². The molecule has 98 valence electrons. The molecule has 1 saturated carbocycles. The Labute approximate surface area is 110 Å². The first kappa shape index (κ1) is 14.4. The Balaban J connectivity index is 2.95. The van der Waals surface area contributed by atoms with E-state index in [0.717, 1.165) is 38.6 Å². The van der Waals surface area contributed by atoms with Crippen molar-refractivity contribution in [3.05, 3.63) is 0 Å². The molecule has 0 aliphatic heterocycles. The highest BCUT2D eigenvalue weighted by Gasteiger charge is 2.46. The zero-order valence-electron chi connectivity index (χ0n) is 11.2. The molecule has 0 heterocycles. The summed E-state index contributed by atoms with van der Waals surface area (Å²) in [5.74, 6) is 0.152. The minimum Gasteiger partial charge on any atom is -0.392 e. The first-order chi connectivity index (χ1) is 7.99. The van der Waals surface area contributed by atoms with Crippen LogP contribution in [0.4, 0.5) is 0 Å². The van der Waals surface area contributed by atoms with Crippen LogP contribution in [0, 0.1) is 5.41 Å². The average molecular weight is 256 g/mol. The third-order valence-corrected chi connectivity index (χ3v) is 4.45. The van der Waals surface area contributed by atoms with Crippen LogP contribution in [0.2, 0.25) is 0 Å². The van der Waals surface area contributed by atoms with Gasteiger partial charge >= 0.3 is 0 Å². The zero-order chi connectivity index (χ0) is 13.1. The van der Waals surface area contributed by atoms with Gasteiger partial charge in [0.1, 0.15) is 0 Å². The van der Waals surface area contributed by atoms with E-state index in [4.69, 9.17) is 18.0 Å². The molecular weight excluding hydrogens is 232 g/mol. The number of hydrogen-bond donors (Lipinski definition) is 1. The maximum Gasteiger partial charge on any atom is 0.235 e. The lowest BCUT2D eigenvalue weighted by Crippen LogP contribution is -2.51. The lowest BCUT2D eigenvalue weighted by molar-refractivity contribution is -0.140. The van der Waals surface area contributed by atoms with Crippen LogP contribution in [-0.2, 0) is 4.79 Å². The topological polar surface area (TPSA) is 46.3 Å². The van der Waals surface area contributed by atoms with Crippen molar-refractivity contribution in [3.8, 4) is 0 Å². The fraction of sp³-hybridized carbons (Fsp3) is 0.846. The number of nitrogens with two attached hydrogens (primary N) is 1. The van der Waals surface area contributed by atoms with E-state index < -0.39 is 5.41 Å². The highest BCUT2D eigenvalue weighted by atomic mass is 32.1. The number of nitrogens with zero attached hydrogens (tertiary/aromatic N) is 1. The second-order valence-corrected chi connectivity index (χ2v) is 5.44. The molecule has 1 aliphatic rings. The fourth-order valence-electron chi connectivity index (χ4n) is 2.69. The largest absolute Gasteiger partial charge is 0.392 e. The second-order valence-electron chi connectivity index (χ2n) is 5.00. The standard InChI is InChI=1S/C13H24N2OS/c1-4-10(3)15(5-2)12(16)13(11(14)17)8-6-7-9-13/h10H,4-9H2,1-3H3,(H2,14,17). The lowest BCUT2D eigenvalue weighted by atomic mass is 9.84. The van der Waals surface area contributed by atoms with Crippen molar-refractivity contribution in [3.63, 3.8) is 0 Å². The van der Waals surface area contributed by atoms with E-state index in [9.17, 15) is 4.79 Å². The summed E-state index contributed by atoms with van der Waals surface area (Å²) in [6.07, 6.45) is 4.73. The average Bonchev–Trinajstić information content (AvgIpc) is 2.79. The van der Waals surface area contributed by atoms with Crippen LogP contribution >= 0.6 is 12.2 Å². The molecule has 1 fully saturated rings. The van der Waals surface area contributed by atoms with Crippen LogP contribution in [0.25, 0.3) is 0 Å². The van der Waals surface area contributed by atoms with Crippen molar-refractivity contribution in [2.75, 3.05) is 6.54 Å². The molecule has 0 saturated heterocycles. The molecule has 0 aromatic rings. The molecule has 17 heavy (non-hydrogen) atoms. The lowest BCUT2D eigenvalue weighted by Gasteiger charge is -2.36. The van der Waals surface area contributed by atoms with Crippen LogP contribution in [0.15, 0.2) is 0 Å². The monoisotopic (exact) mass is 256 g/mol. The number of rotatable bonds is 5. The Morgan fingerprint density at radius 1 is 1.41 bits per heavy atom. The van der Waals surface area contributed by atoms with Gasteiger partial charge < -0.3 is 10.6 Å². The van der Waals surface area contributed by atoms with Gasteiger partial charge in [-0.15, -0.1) is 0 Å². The van der Waals surface area contributed by atoms with E-state index in [1.165, 1.54) is 0 Å². The van der Waals surface area contributed by atoms with Crippen molar-refractivity contribution in [1.82, 2.24) is 4.90 Å². The zero-order valence-corrected chi connectivity index (χ0v) is 12.0. The van der Waals surface area contributed by atoms with Gasteiger partial charge in [-0.05, 0) is 33.1 Å². The Kier molecular flexibility index (Phi) is 4.92. The Bertz CT molecular complexity index is 298. The van der Waals surface area contributed by atoms with Crippen LogP contribution in [0.5, 0.6) is 0 Å². The normalized spacial score (nSPS) is 19.9. The van der Waals surface area contributed by atoms with E-state index in [-0.39, 0.29) is 11.9 Å². The summed E-state index contributed by atoms with van der Waals surface area (Å²) in [5.41, 5.74) is 5.30. The summed E-state index contributed by atoms with van der Waals surface area (Å²) in [5, 5.41) is 0. The first-order valence-corrected chi connectivity index (χ1v) is 7.01. The first-order valence-electron chi connectivity index (χ1n) is 6.60. The Hall–Kier alpha value is -0.640. The van der Waals surface area contributed by atoms with Crippen molar-refractivity contribution in [2.24, 2.45) is 11.1 Å². The molecule has 0 spiro atoms. The van der Waals surface area contributed by atoms with Crippen LogP contribution < -0.4 is 5.73 Å². The van der Waals surface area contributed by atoms with Gasteiger partial charge in [0.15, 0.2) is 0 Å². The quantitative estimate of drug-likeness (QED) is 0.769. The molecule has 0 aromatic heterocycles. The van der Waals surface area contributed by atoms with Gasteiger partial charge in [0.05, 0.1) is 10.4 Å². The van der Waals surface area contributed by atoms with Crippen LogP contribution in [0.1, 0.15) is 52.9 Å².